The van der Waals surface area contributed by atoms with Crippen molar-refractivity contribution >= 4 is 17.7 Å². The van der Waals surface area contributed by atoms with E-state index in [1.165, 1.54) is 7.11 Å². The third kappa shape index (κ3) is 8.59. The minimum absolute atomic E-state index is 0.0628. The van der Waals surface area contributed by atoms with Crippen molar-refractivity contribution in [3.05, 3.63) is 89.5 Å². The molecule has 0 aliphatic carbocycles. The maximum Gasteiger partial charge on any atom is 0.405 e. The molecule has 1 atom stereocenters. The topological polar surface area (TPSA) is 96.5 Å². The lowest BCUT2D eigenvalue weighted by molar-refractivity contribution is -0.139. The Hall–Kier alpha value is -4.34. The number of nitrogens with one attached hydrogen (secondary N) is 3. The van der Waals surface area contributed by atoms with E-state index in [9.17, 15) is 27.6 Å². The molecule has 10 heteroatoms. The smallest absolute Gasteiger partial charge is 0.405 e. The number of carbonyl (C=O) groups excluding carboxylic acids is 3. The third-order valence-corrected chi connectivity index (χ3v) is 6.06. The van der Waals surface area contributed by atoms with Crippen LogP contribution in [0.1, 0.15) is 46.5 Å². The van der Waals surface area contributed by atoms with E-state index >= 15 is 0 Å². The summed E-state index contributed by atoms with van der Waals surface area (Å²) in [5.41, 5.74) is 2.68. The van der Waals surface area contributed by atoms with Crippen LogP contribution < -0.4 is 20.7 Å². The molecule has 212 valence electrons. The average molecular weight is 556 g/mol. The number of benzene rings is 3. The minimum atomic E-state index is -4.57. The Morgan fingerprint density at radius 2 is 1.45 bits per heavy atom. The lowest BCUT2D eigenvalue weighted by atomic mass is 9.94. The monoisotopic (exact) mass is 555 g/mol. The normalized spacial score (nSPS) is 12.0. The molecule has 0 heterocycles. The summed E-state index contributed by atoms with van der Waals surface area (Å²) in [6.07, 6.45) is -4.41. The molecule has 3 N–H and O–H groups in total. The van der Waals surface area contributed by atoms with Gasteiger partial charge in [-0.3, -0.25) is 14.4 Å². The molecule has 0 radical (unpaired) electrons. The highest BCUT2D eigenvalue weighted by Crippen LogP contribution is 2.28. The van der Waals surface area contributed by atoms with Gasteiger partial charge in [0.25, 0.3) is 11.8 Å². The molecule has 3 aromatic carbocycles. The van der Waals surface area contributed by atoms with E-state index in [2.05, 4.69) is 10.6 Å². The minimum Gasteiger partial charge on any atom is -0.497 e. The first-order chi connectivity index (χ1) is 19.0. The van der Waals surface area contributed by atoms with Gasteiger partial charge < -0.3 is 20.7 Å². The van der Waals surface area contributed by atoms with Crippen LogP contribution in [0.3, 0.4) is 0 Å². The lowest BCUT2D eigenvalue weighted by Crippen LogP contribution is -2.49. The molecular formula is C30H32F3N3O4. The van der Waals surface area contributed by atoms with E-state index in [-0.39, 0.29) is 30.4 Å². The van der Waals surface area contributed by atoms with Crippen molar-refractivity contribution in [2.24, 2.45) is 5.92 Å². The number of hydrogen-bond acceptors (Lipinski definition) is 4. The second-order valence-corrected chi connectivity index (χ2v) is 9.60. The van der Waals surface area contributed by atoms with Crippen LogP contribution in [0.2, 0.25) is 0 Å². The maximum atomic E-state index is 13.4. The fourth-order valence-corrected chi connectivity index (χ4v) is 4.12. The first kappa shape index (κ1) is 30.2. The zero-order chi connectivity index (χ0) is 29.3. The summed E-state index contributed by atoms with van der Waals surface area (Å²) in [6.45, 7) is 2.30. The van der Waals surface area contributed by atoms with E-state index in [4.69, 9.17) is 4.74 Å². The van der Waals surface area contributed by atoms with Gasteiger partial charge in [0, 0.05) is 17.7 Å². The summed E-state index contributed by atoms with van der Waals surface area (Å²) < 4.78 is 43.1. The second-order valence-electron chi connectivity index (χ2n) is 9.60. The van der Waals surface area contributed by atoms with Crippen LogP contribution in [0.5, 0.6) is 5.75 Å². The fraction of sp³-hybridized carbons (Fsp3) is 0.300. The van der Waals surface area contributed by atoms with Crippen LogP contribution in [0.25, 0.3) is 11.1 Å². The first-order valence-corrected chi connectivity index (χ1v) is 12.7. The predicted octanol–water partition coefficient (Wildman–Crippen LogP) is 5.12. The van der Waals surface area contributed by atoms with Gasteiger partial charge in [0.2, 0.25) is 5.91 Å². The molecule has 40 heavy (non-hydrogen) atoms. The number of rotatable bonds is 11. The number of methoxy groups -OCH3 is 1. The summed E-state index contributed by atoms with van der Waals surface area (Å²) in [4.78, 5) is 38.6. The molecule has 0 saturated carbocycles. The maximum absolute atomic E-state index is 13.4. The quantitative estimate of drug-likeness (QED) is 0.306. The Kier molecular flexibility index (Phi) is 10.3. The molecule has 0 aliphatic rings. The summed E-state index contributed by atoms with van der Waals surface area (Å²) >= 11 is 0. The van der Waals surface area contributed by atoms with Crippen molar-refractivity contribution in [1.29, 1.82) is 0 Å². The van der Waals surface area contributed by atoms with E-state index < -0.39 is 30.6 Å². The predicted molar refractivity (Wildman–Crippen MR) is 146 cm³/mol. The van der Waals surface area contributed by atoms with Gasteiger partial charge in [0.05, 0.1) is 7.11 Å². The van der Waals surface area contributed by atoms with Crippen LogP contribution in [0.4, 0.5) is 13.2 Å². The molecule has 0 saturated heterocycles. The van der Waals surface area contributed by atoms with Gasteiger partial charge >= 0.3 is 6.18 Å². The van der Waals surface area contributed by atoms with Crippen molar-refractivity contribution in [3.8, 4) is 16.9 Å². The molecule has 0 aromatic heterocycles. The third-order valence-electron chi connectivity index (χ3n) is 6.06. The van der Waals surface area contributed by atoms with Crippen LogP contribution in [0, 0.1) is 5.92 Å². The summed E-state index contributed by atoms with van der Waals surface area (Å²) in [5, 5.41) is 7.36. The lowest BCUT2D eigenvalue weighted by Gasteiger charge is -2.22. The van der Waals surface area contributed by atoms with E-state index in [1.807, 2.05) is 23.5 Å². The largest absolute Gasteiger partial charge is 0.497 e. The first-order valence-electron chi connectivity index (χ1n) is 12.7. The highest BCUT2D eigenvalue weighted by Gasteiger charge is 2.31. The SMILES string of the molecule is COc1ccc(C(=O)NCc2ccccc2-c2ccccc2C(=O)N[C@@H](CC(C)C)C(=O)NCC(F)(F)F)cc1. The zero-order valence-electron chi connectivity index (χ0n) is 22.5. The van der Waals surface area contributed by atoms with Gasteiger partial charge in [-0.25, -0.2) is 0 Å². The Bertz CT molecular complexity index is 1320. The molecule has 0 unspecified atom stereocenters. The number of amides is 3. The molecule has 3 aromatic rings. The van der Waals surface area contributed by atoms with E-state index in [0.717, 1.165) is 5.56 Å². The summed E-state index contributed by atoms with van der Waals surface area (Å²) in [6, 6.07) is 19.5. The van der Waals surface area contributed by atoms with Crippen molar-refractivity contribution in [1.82, 2.24) is 16.0 Å². The number of carbonyl (C=O) groups is 3. The average Bonchev–Trinajstić information content (AvgIpc) is 2.93. The van der Waals surface area contributed by atoms with Gasteiger partial charge in [-0.15, -0.1) is 0 Å². The molecule has 0 fully saturated rings. The molecule has 3 rings (SSSR count). The molecule has 0 spiro atoms. The van der Waals surface area contributed by atoms with Crippen LogP contribution in [0.15, 0.2) is 72.8 Å². The summed E-state index contributed by atoms with van der Waals surface area (Å²) in [5.74, 6) is -1.22. The van der Waals surface area contributed by atoms with Crippen LogP contribution in [-0.4, -0.2) is 43.6 Å². The highest BCUT2D eigenvalue weighted by atomic mass is 19.4. The molecule has 7 nitrogen and oxygen atoms in total. The van der Waals surface area contributed by atoms with Crippen molar-refractivity contribution in [3.63, 3.8) is 0 Å². The van der Waals surface area contributed by atoms with Crippen LogP contribution >= 0.6 is 0 Å². The van der Waals surface area contributed by atoms with Gasteiger partial charge in [-0.05, 0) is 59.4 Å². The Morgan fingerprint density at radius 3 is 2.08 bits per heavy atom. The van der Waals surface area contributed by atoms with Gasteiger partial charge in [0.1, 0.15) is 18.3 Å². The molecular weight excluding hydrogens is 523 g/mol. The Labute approximate surface area is 231 Å². The summed E-state index contributed by atoms with van der Waals surface area (Å²) in [7, 11) is 1.54. The van der Waals surface area contributed by atoms with E-state index in [1.54, 1.807) is 68.4 Å². The molecule has 0 bridgehead atoms. The van der Waals surface area contributed by atoms with Crippen molar-refractivity contribution in [2.45, 2.75) is 39.0 Å². The van der Waals surface area contributed by atoms with Crippen molar-refractivity contribution < 1.29 is 32.3 Å². The second kappa shape index (κ2) is 13.6. The number of hydrogen-bond donors (Lipinski definition) is 3. The standard InChI is InChI=1S/C30H32F3N3O4/c1-19(2)16-26(29(39)35-18-30(31,32)33)36-28(38)25-11-7-6-10-24(25)23-9-5-4-8-21(23)17-34-27(37)20-12-14-22(40-3)15-13-20/h4-15,19,26H,16-18H2,1-3H3,(H,34,37)(H,35,39)(H,36,38)/t26-/m0/s1. The number of ether oxygens (including phenoxy) is 1. The highest BCUT2D eigenvalue weighted by molar-refractivity contribution is 6.03. The zero-order valence-corrected chi connectivity index (χ0v) is 22.5. The molecule has 3 amide bonds. The number of halogens is 3. The van der Waals surface area contributed by atoms with Gasteiger partial charge in [0.15, 0.2) is 0 Å². The number of alkyl halides is 3. The van der Waals surface area contributed by atoms with Crippen LogP contribution in [-0.2, 0) is 11.3 Å². The Morgan fingerprint density at radius 1 is 0.825 bits per heavy atom. The Balaban J connectivity index is 1.81. The fourth-order valence-electron chi connectivity index (χ4n) is 4.12. The van der Waals surface area contributed by atoms with Gasteiger partial charge in [-0.2, -0.15) is 13.2 Å². The molecule has 0 aliphatic heterocycles. The van der Waals surface area contributed by atoms with E-state index in [0.29, 0.717) is 22.4 Å². The van der Waals surface area contributed by atoms with Gasteiger partial charge in [-0.1, -0.05) is 56.3 Å². The van der Waals surface area contributed by atoms with Crippen molar-refractivity contribution in [2.75, 3.05) is 13.7 Å².